The van der Waals surface area contributed by atoms with E-state index in [4.69, 9.17) is 18.9 Å². The second kappa shape index (κ2) is 16.4. The van der Waals surface area contributed by atoms with Crippen LogP contribution in [0, 0.1) is 0 Å². The van der Waals surface area contributed by atoms with Gasteiger partial charge in [0.2, 0.25) is 5.91 Å². The number of hydrogen-bond donors (Lipinski definition) is 1. The average Bonchev–Trinajstić information content (AvgIpc) is 2.97. The van der Waals surface area contributed by atoms with E-state index >= 15 is 0 Å². The molecule has 0 fully saturated rings. The molecule has 0 heterocycles. The molecule has 1 unspecified atom stereocenters. The molecule has 0 saturated carbocycles. The number of nitrogens with one attached hydrogen (secondary N) is 1. The molecule has 0 aliphatic rings. The van der Waals surface area contributed by atoms with Crippen molar-refractivity contribution in [2.24, 2.45) is 0 Å². The van der Waals surface area contributed by atoms with Crippen molar-refractivity contribution in [3.8, 4) is 5.75 Å². The minimum atomic E-state index is -1.10. The van der Waals surface area contributed by atoms with Crippen molar-refractivity contribution in [3.05, 3.63) is 102 Å². The maximum absolute atomic E-state index is 12.6. The van der Waals surface area contributed by atoms with Gasteiger partial charge < -0.3 is 29.0 Å². The number of carbonyl (C=O) groups is 4. The van der Waals surface area contributed by atoms with Crippen molar-refractivity contribution in [2.45, 2.75) is 25.7 Å². The Bertz CT molecular complexity index is 1230. The summed E-state index contributed by atoms with van der Waals surface area (Å²) in [7, 11) is 1.17. The van der Waals surface area contributed by atoms with Crippen LogP contribution in [0.1, 0.15) is 16.7 Å². The summed E-state index contributed by atoms with van der Waals surface area (Å²) in [6.45, 7) is -0.581. The summed E-state index contributed by atoms with van der Waals surface area (Å²) < 4.78 is 25.6. The molecule has 0 saturated heterocycles. The van der Waals surface area contributed by atoms with Gasteiger partial charge in [0.15, 0.2) is 6.61 Å². The summed E-state index contributed by atoms with van der Waals surface area (Å²) in [6, 6.07) is 24.1. The highest BCUT2D eigenvalue weighted by Gasteiger charge is 2.24. The number of esters is 3. The largest absolute Gasteiger partial charge is 0.466 e. The summed E-state index contributed by atoms with van der Waals surface area (Å²) in [5, 5.41) is 2.58. The number of amides is 1. The van der Waals surface area contributed by atoms with Crippen LogP contribution < -0.4 is 10.1 Å². The first-order chi connectivity index (χ1) is 19.4. The molecule has 3 aromatic carbocycles. The van der Waals surface area contributed by atoms with Crippen LogP contribution in [-0.2, 0) is 57.8 Å². The summed E-state index contributed by atoms with van der Waals surface area (Å²) in [6.07, 6.45) is 0.0544. The molecule has 10 nitrogen and oxygen atoms in total. The zero-order chi connectivity index (χ0) is 28.6. The normalized spacial score (nSPS) is 11.2. The Kier molecular flexibility index (Phi) is 12.3. The van der Waals surface area contributed by atoms with Gasteiger partial charge in [-0.2, -0.15) is 0 Å². The molecule has 3 rings (SSSR count). The molecule has 3 aromatic rings. The van der Waals surface area contributed by atoms with Crippen LogP contribution in [0.2, 0.25) is 0 Å². The second-order valence-electron chi connectivity index (χ2n) is 8.58. The van der Waals surface area contributed by atoms with E-state index in [1.165, 1.54) is 7.11 Å². The van der Waals surface area contributed by atoms with Gasteiger partial charge in [-0.25, -0.2) is 14.4 Å². The lowest BCUT2D eigenvalue weighted by molar-refractivity contribution is -0.158. The molecule has 0 radical (unpaired) electrons. The van der Waals surface area contributed by atoms with Crippen molar-refractivity contribution < 1.29 is 42.9 Å². The predicted molar refractivity (Wildman–Crippen MR) is 143 cm³/mol. The predicted octanol–water partition coefficient (Wildman–Crippen LogP) is 2.77. The van der Waals surface area contributed by atoms with Crippen LogP contribution >= 0.6 is 0 Å². The smallest absolute Gasteiger partial charge is 0.344 e. The van der Waals surface area contributed by atoms with Crippen LogP contribution in [0.3, 0.4) is 0 Å². The number of carbonyl (C=O) groups excluding carboxylic acids is 4. The Labute approximate surface area is 232 Å². The van der Waals surface area contributed by atoms with Crippen molar-refractivity contribution >= 4 is 23.8 Å². The van der Waals surface area contributed by atoms with Gasteiger partial charge >= 0.3 is 17.9 Å². The number of benzene rings is 3. The lowest BCUT2D eigenvalue weighted by Crippen LogP contribution is -2.45. The van der Waals surface area contributed by atoms with Crippen LogP contribution in [-0.4, -0.2) is 56.8 Å². The van der Waals surface area contributed by atoms with E-state index < -0.39 is 36.5 Å². The quantitative estimate of drug-likeness (QED) is 0.225. The monoisotopic (exact) mass is 549 g/mol. The van der Waals surface area contributed by atoms with Crippen molar-refractivity contribution in [1.82, 2.24) is 5.32 Å². The molecular weight excluding hydrogens is 518 g/mol. The van der Waals surface area contributed by atoms with Gasteiger partial charge in [0.1, 0.15) is 25.0 Å². The number of ether oxygens (including phenoxy) is 5. The Morgan fingerprint density at radius 1 is 0.675 bits per heavy atom. The minimum absolute atomic E-state index is 0.0544. The summed E-state index contributed by atoms with van der Waals surface area (Å²) in [5.74, 6) is -2.34. The van der Waals surface area contributed by atoms with Crippen LogP contribution in [0.25, 0.3) is 0 Å². The van der Waals surface area contributed by atoms with Gasteiger partial charge in [-0.1, -0.05) is 72.8 Å². The van der Waals surface area contributed by atoms with E-state index in [-0.39, 0.29) is 32.8 Å². The maximum Gasteiger partial charge on any atom is 0.344 e. The van der Waals surface area contributed by atoms with E-state index in [2.05, 4.69) is 10.1 Å². The van der Waals surface area contributed by atoms with E-state index in [9.17, 15) is 19.2 Å². The average molecular weight is 550 g/mol. The summed E-state index contributed by atoms with van der Waals surface area (Å²) in [4.78, 5) is 48.6. The molecular formula is C30H31NO9. The van der Waals surface area contributed by atoms with Crippen LogP contribution in [0.4, 0.5) is 0 Å². The molecule has 40 heavy (non-hydrogen) atoms. The van der Waals surface area contributed by atoms with Gasteiger partial charge in [0, 0.05) is 6.42 Å². The van der Waals surface area contributed by atoms with E-state index in [0.29, 0.717) is 11.3 Å². The molecule has 1 N–H and O–H groups in total. The lowest BCUT2D eigenvalue weighted by atomic mass is 10.1. The van der Waals surface area contributed by atoms with Gasteiger partial charge in [0.25, 0.3) is 0 Å². The van der Waals surface area contributed by atoms with Crippen molar-refractivity contribution in [3.63, 3.8) is 0 Å². The fraction of sp³-hybridized carbons (Fsp3) is 0.267. The fourth-order valence-corrected chi connectivity index (χ4v) is 3.47. The molecule has 0 aliphatic heterocycles. The Morgan fingerprint density at radius 2 is 1.25 bits per heavy atom. The number of rotatable bonds is 15. The van der Waals surface area contributed by atoms with Gasteiger partial charge in [-0.15, -0.1) is 0 Å². The number of hydrogen-bond acceptors (Lipinski definition) is 9. The van der Waals surface area contributed by atoms with E-state index in [1.807, 2.05) is 60.7 Å². The Morgan fingerprint density at radius 3 is 1.82 bits per heavy atom. The SMILES string of the molecule is COC(=O)COC(=O)C(Cc1ccc(OC(=O)COCc2ccccc2)cc1)NC(=O)COCc1ccccc1. The maximum atomic E-state index is 12.6. The third kappa shape index (κ3) is 11.1. The highest BCUT2D eigenvalue weighted by molar-refractivity contribution is 5.86. The first kappa shape index (κ1) is 30.0. The fourth-order valence-electron chi connectivity index (χ4n) is 3.47. The van der Waals surface area contributed by atoms with Gasteiger partial charge in [-0.05, 0) is 28.8 Å². The standard InChI is InChI=1S/C30H31NO9/c1-36-28(33)21-39-30(35)26(31-27(32)19-37-17-23-8-4-2-5-9-23)16-22-12-14-25(15-13-22)40-29(34)20-38-18-24-10-6-3-7-11-24/h2-15,26H,16-21H2,1H3,(H,31,32). The van der Waals surface area contributed by atoms with Gasteiger partial charge in [-0.3, -0.25) is 4.79 Å². The molecule has 1 atom stereocenters. The second-order valence-corrected chi connectivity index (χ2v) is 8.58. The topological polar surface area (TPSA) is 126 Å². The molecule has 0 spiro atoms. The number of methoxy groups -OCH3 is 1. The zero-order valence-corrected chi connectivity index (χ0v) is 22.1. The third-order valence-electron chi connectivity index (χ3n) is 5.45. The Balaban J connectivity index is 1.51. The minimum Gasteiger partial charge on any atom is -0.466 e. The molecule has 10 heteroatoms. The van der Waals surface area contributed by atoms with E-state index in [1.54, 1.807) is 24.3 Å². The summed E-state index contributed by atoms with van der Waals surface area (Å²) >= 11 is 0. The first-order valence-electron chi connectivity index (χ1n) is 12.5. The van der Waals surface area contributed by atoms with Gasteiger partial charge in [0.05, 0.1) is 20.3 Å². The van der Waals surface area contributed by atoms with E-state index in [0.717, 1.165) is 11.1 Å². The third-order valence-corrected chi connectivity index (χ3v) is 5.45. The molecule has 0 aromatic heterocycles. The molecule has 1 amide bonds. The Hall–Kier alpha value is -4.54. The first-order valence-corrected chi connectivity index (χ1v) is 12.5. The van der Waals surface area contributed by atoms with Crippen molar-refractivity contribution in [2.75, 3.05) is 26.9 Å². The highest BCUT2D eigenvalue weighted by atomic mass is 16.6. The molecule has 0 aliphatic carbocycles. The van der Waals surface area contributed by atoms with Crippen LogP contribution in [0.5, 0.6) is 5.75 Å². The highest BCUT2D eigenvalue weighted by Crippen LogP contribution is 2.15. The molecule has 210 valence electrons. The lowest BCUT2D eigenvalue weighted by Gasteiger charge is -2.18. The zero-order valence-electron chi connectivity index (χ0n) is 22.1. The van der Waals surface area contributed by atoms with Crippen molar-refractivity contribution in [1.29, 1.82) is 0 Å². The summed E-state index contributed by atoms with van der Waals surface area (Å²) in [5.41, 5.74) is 2.48. The van der Waals surface area contributed by atoms with Crippen LogP contribution in [0.15, 0.2) is 84.9 Å². The molecule has 0 bridgehead atoms.